The molecule has 25 heavy (non-hydrogen) atoms. The number of carboxylic acids is 1. The van der Waals surface area contributed by atoms with Crippen LogP contribution in [-0.4, -0.2) is 27.9 Å². The predicted octanol–water partition coefficient (Wildman–Crippen LogP) is 4.00. The molecule has 1 aromatic heterocycles. The molecular weight excluding hydrogens is 333 g/mol. The Morgan fingerprint density at radius 3 is 2.20 bits per heavy atom. The van der Waals surface area contributed by atoms with Crippen molar-refractivity contribution in [3.8, 4) is 5.69 Å². The van der Waals surface area contributed by atoms with Gasteiger partial charge in [0.05, 0.1) is 0 Å². The van der Waals surface area contributed by atoms with Crippen LogP contribution in [0.1, 0.15) is 25.3 Å². The van der Waals surface area contributed by atoms with Gasteiger partial charge in [0.15, 0.2) is 0 Å². The summed E-state index contributed by atoms with van der Waals surface area (Å²) in [6.45, 7) is 3.27. The van der Waals surface area contributed by atoms with Crippen LogP contribution >= 0.6 is 0 Å². The normalized spacial score (nSPS) is 15.2. The maximum Gasteiger partial charge on any atom is 0.490 e. The van der Waals surface area contributed by atoms with Gasteiger partial charge >= 0.3 is 12.1 Å². The number of alkyl halides is 3. The molecule has 4 nitrogen and oxygen atoms in total. The summed E-state index contributed by atoms with van der Waals surface area (Å²) >= 11 is 0. The number of nitrogens with zero attached hydrogens (tertiary/aromatic N) is 1. The lowest BCUT2D eigenvalue weighted by atomic mass is 10.1. The Kier molecular flexibility index (Phi) is 6.25. The van der Waals surface area contributed by atoms with E-state index in [0.29, 0.717) is 6.04 Å². The summed E-state index contributed by atoms with van der Waals surface area (Å²) in [6.07, 6.45) is 1.87. The van der Waals surface area contributed by atoms with E-state index >= 15 is 0 Å². The van der Waals surface area contributed by atoms with Crippen molar-refractivity contribution in [1.29, 1.82) is 0 Å². The van der Waals surface area contributed by atoms with E-state index in [2.05, 4.69) is 53.5 Å². The topological polar surface area (TPSA) is 54.3 Å². The largest absolute Gasteiger partial charge is 0.490 e. The fraction of sp³-hybridized carbons (Fsp3) is 0.389. The molecule has 0 saturated heterocycles. The second kappa shape index (κ2) is 8.20. The third kappa shape index (κ3) is 6.26. The molecule has 7 heteroatoms. The maximum absolute atomic E-state index is 10.6. The van der Waals surface area contributed by atoms with Crippen LogP contribution in [0.3, 0.4) is 0 Å². The summed E-state index contributed by atoms with van der Waals surface area (Å²) in [6, 6.07) is 13.5. The number of carboxylic acid groups (broad SMARTS) is 1. The first-order chi connectivity index (χ1) is 11.8. The average Bonchev–Trinajstić information content (AvgIpc) is 3.28. The summed E-state index contributed by atoms with van der Waals surface area (Å²) in [5.41, 5.74) is 2.58. The SMILES string of the molecule is C[C@@H](NCc1ccc(-n2cccc2)cc1)C1CC1.O=C(O)C(F)(F)F. The van der Waals surface area contributed by atoms with Gasteiger partial charge in [-0.25, -0.2) is 4.79 Å². The van der Waals surface area contributed by atoms with Crippen molar-refractivity contribution >= 4 is 5.97 Å². The number of benzene rings is 1. The molecule has 0 spiro atoms. The zero-order chi connectivity index (χ0) is 18.4. The molecule has 0 amide bonds. The lowest BCUT2D eigenvalue weighted by Crippen LogP contribution is -2.27. The first-order valence-electron chi connectivity index (χ1n) is 8.03. The van der Waals surface area contributed by atoms with Crippen LogP contribution in [0.5, 0.6) is 0 Å². The zero-order valence-corrected chi connectivity index (χ0v) is 13.8. The molecule has 2 N–H and O–H groups in total. The summed E-state index contributed by atoms with van der Waals surface area (Å²) in [4.78, 5) is 8.90. The first-order valence-corrected chi connectivity index (χ1v) is 8.03. The van der Waals surface area contributed by atoms with Crippen LogP contribution in [0, 0.1) is 5.92 Å². The Balaban J connectivity index is 0.000000277. The van der Waals surface area contributed by atoms with Crippen LogP contribution in [-0.2, 0) is 11.3 Å². The van der Waals surface area contributed by atoms with Gasteiger partial charge in [-0.2, -0.15) is 13.2 Å². The minimum Gasteiger partial charge on any atom is -0.475 e. The van der Waals surface area contributed by atoms with Crippen LogP contribution < -0.4 is 5.32 Å². The lowest BCUT2D eigenvalue weighted by molar-refractivity contribution is -0.192. The van der Waals surface area contributed by atoms with Crippen LogP contribution in [0.4, 0.5) is 13.2 Å². The molecule has 1 heterocycles. The quantitative estimate of drug-likeness (QED) is 0.853. The van der Waals surface area contributed by atoms with Crippen molar-refractivity contribution < 1.29 is 23.1 Å². The standard InChI is InChI=1S/C16H20N2.C2HF3O2/c1-13(15-6-7-15)17-12-14-4-8-16(9-5-14)18-10-2-3-11-18;3-2(4,5)1(6)7/h2-5,8-11,13,15,17H,6-7,12H2,1H3;(H,6,7)/t13-;/m1./s1. The molecule has 3 rings (SSSR count). The molecule has 0 radical (unpaired) electrons. The van der Waals surface area contributed by atoms with E-state index in [4.69, 9.17) is 9.90 Å². The Labute approximate surface area is 144 Å². The lowest BCUT2D eigenvalue weighted by Gasteiger charge is -2.13. The van der Waals surface area contributed by atoms with Gasteiger partial charge in [-0.05, 0) is 55.5 Å². The van der Waals surface area contributed by atoms with Crippen molar-refractivity contribution in [3.05, 3.63) is 54.4 Å². The van der Waals surface area contributed by atoms with Gasteiger partial charge in [-0.3, -0.25) is 0 Å². The van der Waals surface area contributed by atoms with E-state index in [9.17, 15) is 13.2 Å². The van der Waals surface area contributed by atoms with Gasteiger partial charge in [0.25, 0.3) is 0 Å². The van der Waals surface area contributed by atoms with Crippen LogP contribution in [0.25, 0.3) is 5.69 Å². The Bertz CT molecular complexity index is 663. The number of rotatable bonds is 5. The summed E-state index contributed by atoms with van der Waals surface area (Å²) in [7, 11) is 0. The number of nitrogens with one attached hydrogen (secondary N) is 1. The molecule has 1 aromatic carbocycles. The molecule has 1 aliphatic rings. The van der Waals surface area contributed by atoms with Crippen LogP contribution in [0.15, 0.2) is 48.8 Å². The molecule has 1 fully saturated rings. The summed E-state index contributed by atoms with van der Waals surface area (Å²) in [5.74, 6) is -1.84. The van der Waals surface area contributed by atoms with Gasteiger partial charge < -0.3 is 15.0 Å². The Hall–Kier alpha value is -2.28. The first kappa shape index (κ1) is 19.1. The van der Waals surface area contributed by atoms with Gasteiger partial charge in [-0.15, -0.1) is 0 Å². The smallest absolute Gasteiger partial charge is 0.475 e. The van der Waals surface area contributed by atoms with Gasteiger partial charge in [0.1, 0.15) is 0 Å². The highest BCUT2D eigenvalue weighted by atomic mass is 19.4. The highest BCUT2D eigenvalue weighted by Crippen LogP contribution is 2.32. The fourth-order valence-corrected chi connectivity index (χ4v) is 2.33. The third-order valence-corrected chi connectivity index (χ3v) is 4.04. The number of aromatic nitrogens is 1. The Morgan fingerprint density at radius 1 is 1.24 bits per heavy atom. The number of hydrogen-bond donors (Lipinski definition) is 2. The van der Waals surface area contributed by atoms with Crippen molar-refractivity contribution in [1.82, 2.24) is 9.88 Å². The molecule has 0 aliphatic heterocycles. The molecule has 0 bridgehead atoms. The van der Waals surface area contributed by atoms with Gasteiger partial charge in [0.2, 0.25) is 0 Å². The van der Waals surface area contributed by atoms with E-state index in [1.165, 1.54) is 24.1 Å². The van der Waals surface area contributed by atoms with Crippen molar-refractivity contribution in [2.24, 2.45) is 5.92 Å². The number of hydrogen-bond acceptors (Lipinski definition) is 2. The predicted molar refractivity (Wildman–Crippen MR) is 88.5 cm³/mol. The number of halogens is 3. The van der Waals surface area contributed by atoms with E-state index in [-0.39, 0.29) is 0 Å². The fourth-order valence-electron chi connectivity index (χ4n) is 2.33. The summed E-state index contributed by atoms with van der Waals surface area (Å²) in [5, 5.41) is 10.7. The van der Waals surface area contributed by atoms with Crippen LogP contribution in [0.2, 0.25) is 0 Å². The average molecular weight is 354 g/mol. The van der Waals surface area contributed by atoms with E-state index < -0.39 is 12.1 Å². The molecule has 1 atom stereocenters. The monoisotopic (exact) mass is 354 g/mol. The second-order valence-corrected chi connectivity index (χ2v) is 6.07. The minimum atomic E-state index is -5.08. The highest BCUT2D eigenvalue weighted by molar-refractivity contribution is 5.73. The van der Waals surface area contributed by atoms with Crippen molar-refractivity contribution in [2.45, 2.75) is 38.5 Å². The molecule has 1 saturated carbocycles. The third-order valence-electron chi connectivity index (χ3n) is 4.04. The summed E-state index contributed by atoms with van der Waals surface area (Å²) < 4.78 is 33.9. The highest BCUT2D eigenvalue weighted by Gasteiger charge is 2.38. The minimum absolute atomic E-state index is 0.661. The van der Waals surface area contributed by atoms with Crippen molar-refractivity contribution in [2.75, 3.05) is 0 Å². The number of carbonyl (C=O) groups is 1. The van der Waals surface area contributed by atoms with E-state index in [0.717, 1.165) is 12.5 Å². The van der Waals surface area contributed by atoms with Gasteiger partial charge in [-0.1, -0.05) is 12.1 Å². The second-order valence-electron chi connectivity index (χ2n) is 6.07. The number of aliphatic carboxylic acids is 1. The molecule has 136 valence electrons. The molecule has 2 aromatic rings. The molecule has 0 unspecified atom stereocenters. The van der Waals surface area contributed by atoms with E-state index in [1.807, 2.05) is 12.1 Å². The molecular formula is C18H21F3N2O2. The van der Waals surface area contributed by atoms with Crippen molar-refractivity contribution in [3.63, 3.8) is 0 Å². The van der Waals surface area contributed by atoms with Gasteiger partial charge in [0, 0.05) is 30.7 Å². The maximum atomic E-state index is 10.6. The molecule has 1 aliphatic carbocycles. The zero-order valence-electron chi connectivity index (χ0n) is 13.8. The Morgan fingerprint density at radius 2 is 1.76 bits per heavy atom. The van der Waals surface area contributed by atoms with E-state index in [1.54, 1.807) is 0 Å².